The van der Waals surface area contributed by atoms with Gasteiger partial charge < -0.3 is 30.2 Å². The molecule has 0 fully saturated rings. The highest BCUT2D eigenvalue weighted by Crippen LogP contribution is 2.15. The fourth-order valence-corrected chi connectivity index (χ4v) is 9.46. The van der Waals surface area contributed by atoms with Crippen LogP contribution in [0.2, 0.25) is 0 Å². The summed E-state index contributed by atoms with van der Waals surface area (Å²) in [7, 11) is 0. The second-order valence-electron chi connectivity index (χ2n) is 19.9. The molecule has 0 saturated carbocycles. The summed E-state index contributed by atoms with van der Waals surface area (Å²) in [5.74, 6) is 0.966. The van der Waals surface area contributed by atoms with Crippen molar-refractivity contribution in [1.29, 1.82) is 0 Å². The standard InChI is InChI=1S/C56H114N4O4/c1-5-7-9-11-13-15-17-19-21-23-25-27-29-31-33-35-39-57(51-55(3)53-59(43-47-61)44-48-62)41-37-38-42-58(52-56(4)54-60(45-49-63)46-50-64)40-36-34-32-30-28-26-24-22-20-18-16-14-12-10-8-6-2/h19-22,55-56,61-64H,5-18,23-54H2,1-4H3/b21-19-,22-20+. The van der Waals surface area contributed by atoms with E-state index in [4.69, 9.17) is 0 Å². The van der Waals surface area contributed by atoms with Crippen LogP contribution in [0.3, 0.4) is 0 Å². The molecule has 0 aromatic heterocycles. The van der Waals surface area contributed by atoms with Crippen LogP contribution in [0.15, 0.2) is 24.3 Å². The van der Waals surface area contributed by atoms with Crippen LogP contribution in [-0.2, 0) is 0 Å². The van der Waals surface area contributed by atoms with Crippen molar-refractivity contribution in [3.8, 4) is 0 Å². The van der Waals surface area contributed by atoms with Gasteiger partial charge in [-0.1, -0.05) is 168 Å². The Morgan fingerprint density at radius 2 is 0.484 bits per heavy atom. The number of unbranched alkanes of at least 4 members (excludes halogenated alkanes) is 25. The van der Waals surface area contributed by atoms with Crippen LogP contribution in [0.1, 0.15) is 220 Å². The number of nitrogens with zero attached hydrogens (tertiary/aromatic N) is 4. The molecule has 8 heteroatoms. The van der Waals surface area contributed by atoms with Crippen molar-refractivity contribution in [1.82, 2.24) is 19.6 Å². The van der Waals surface area contributed by atoms with Gasteiger partial charge in [-0.15, -0.1) is 0 Å². The normalized spacial score (nSPS) is 13.4. The number of hydrogen-bond donors (Lipinski definition) is 4. The van der Waals surface area contributed by atoms with Gasteiger partial charge in [-0.2, -0.15) is 0 Å². The van der Waals surface area contributed by atoms with Crippen molar-refractivity contribution in [2.24, 2.45) is 11.8 Å². The predicted molar refractivity (Wildman–Crippen MR) is 281 cm³/mol. The molecule has 0 radical (unpaired) electrons. The molecule has 0 heterocycles. The van der Waals surface area contributed by atoms with Gasteiger partial charge in [0, 0.05) is 52.4 Å². The number of hydrogen-bond acceptors (Lipinski definition) is 8. The summed E-state index contributed by atoms with van der Waals surface area (Å²) < 4.78 is 0. The summed E-state index contributed by atoms with van der Waals surface area (Å²) in [4.78, 5) is 9.86. The van der Waals surface area contributed by atoms with E-state index in [0.717, 1.165) is 52.4 Å². The highest BCUT2D eigenvalue weighted by Gasteiger charge is 2.17. The van der Waals surface area contributed by atoms with E-state index in [2.05, 4.69) is 71.6 Å². The van der Waals surface area contributed by atoms with E-state index in [0.29, 0.717) is 38.0 Å². The molecule has 0 aliphatic heterocycles. The topological polar surface area (TPSA) is 93.9 Å². The van der Waals surface area contributed by atoms with Gasteiger partial charge in [0.05, 0.1) is 26.4 Å². The molecule has 0 saturated heterocycles. The Balaban J connectivity index is 4.92. The van der Waals surface area contributed by atoms with Crippen molar-refractivity contribution in [2.75, 3.05) is 105 Å². The molecule has 0 rings (SSSR count). The first-order chi connectivity index (χ1) is 31.4. The first-order valence-corrected chi connectivity index (χ1v) is 28.1. The van der Waals surface area contributed by atoms with Gasteiger partial charge in [0.25, 0.3) is 0 Å². The Kier molecular flexibility index (Phi) is 50.9. The van der Waals surface area contributed by atoms with Crippen molar-refractivity contribution >= 4 is 0 Å². The summed E-state index contributed by atoms with van der Waals surface area (Å²) in [5, 5.41) is 38.4. The Labute approximate surface area is 400 Å². The second kappa shape index (κ2) is 51.5. The zero-order chi connectivity index (χ0) is 46.8. The van der Waals surface area contributed by atoms with E-state index in [1.807, 2.05) is 0 Å². The van der Waals surface area contributed by atoms with E-state index in [9.17, 15) is 20.4 Å². The van der Waals surface area contributed by atoms with Crippen LogP contribution in [0, 0.1) is 11.8 Å². The maximum Gasteiger partial charge on any atom is 0.0558 e. The number of aliphatic hydroxyl groups excluding tert-OH is 4. The molecule has 0 spiro atoms. The van der Waals surface area contributed by atoms with Crippen LogP contribution < -0.4 is 0 Å². The molecule has 0 aromatic rings. The predicted octanol–water partition coefficient (Wildman–Crippen LogP) is 12.3. The fourth-order valence-electron chi connectivity index (χ4n) is 9.46. The minimum atomic E-state index is 0.138. The maximum atomic E-state index is 9.60. The SMILES string of the molecule is CCCCCCCC/C=C\CCCCCCCCN(CCCCN(CCCCCCCC/C=C/CCCCCCCC)CC(C)CN(CCO)CCO)CC(C)CN(CCO)CCO. The van der Waals surface area contributed by atoms with E-state index < -0.39 is 0 Å². The lowest BCUT2D eigenvalue weighted by molar-refractivity contribution is 0.127. The third-order valence-corrected chi connectivity index (χ3v) is 13.1. The first kappa shape index (κ1) is 63.2. The minimum Gasteiger partial charge on any atom is -0.395 e. The zero-order valence-corrected chi connectivity index (χ0v) is 43.6. The zero-order valence-electron chi connectivity index (χ0n) is 43.6. The molecule has 382 valence electrons. The summed E-state index contributed by atoms with van der Waals surface area (Å²) in [5.41, 5.74) is 0. The van der Waals surface area contributed by atoms with Crippen LogP contribution in [0.5, 0.6) is 0 Å². The van der Waals surface area contributed by atoms with Crippen molar-refractivity contribution in [3.05, 3.63) is 24.3 Å². The van der Waals surface area contributed by atoms with Crippen molar-refractivity contribution in [2.45, 2.75) is 220 Å². The Morgan fingerprint density at radius 1 is 0.281 bits per heavy atom. The number of aliphatic hydroxyl groups is 4. The van der Waals surface area contributed by atoms with Gasteiger partial charge in [0.15, 0.2) is 0 Å². The van der Waals surface area contributed by atoms with Crippen molar-refractivity contribution < 1.29 is 20.4 Å². The Hall–Kier alpha value is -0.840. The summed E-state index contributed by atoms with van der Waals surface area (Å²) in [6.45, 7) is 20.9. The molecular formula is C56H114N4O4. The van der Waals surface area contributed by atoms with Gasteiger partial charge >= 0.3 is 0 Å². The summed E-state index contributed by atoms with van der Waals surface area (Å²) in [6.07, 6.45) is 49.6. The molecule has 0 aliphatic carbocycles. The summed E-state index contributed by atoms with van der Waals surface area (Å²) in [6, 6.07) is 0. The molecule has 4 N–H and O–H groups in total. The van der Waals surface area contributed by atoms with Crippen LogP contribution >= 0.6 is 0 Å². The van der Waals surface area contributed by atoms with Gasteiger partial charge in [-0.05, 0) is 115 Å². The quantitative estimate of drug-likeness (QED) is 0.0354. The number of rotatable bonds is 53. The molecule has 0 aliphatic rings. The van der Waals surface area contributed by atoms with E-state index in [1.54, 1.807) is 0 Å². The lowest BCUT2D eigenvalue weighted by Crippen LogP contribution is -2.39. The Bertz CT molecular complexity index is 868. The van der Waals surface area contributed by atoms with E-state index >= 15 is 0 Å². The third kappa shape index (κ3) is 45.0. The van der Waals surface area contributed by atoms with Gasteiger partial charge in [0.2, 0.25) is 0 Å². The molecule has 64 heavy (non-hydrogen) atoms. The van der Waals surface area contributed by atoms with Crippen molar-refractivity contribution in [3.63, 3.8) is 0 Å². The summed E-state index contributed by atoms with van der Waals surface area (Å²) >= 11 is 0. The molecule has 0 amide bonds. The van der Waals surface area contributed by atoms with Gasteiger partial charge in [0.1, 0.15) is 0 Å². The van der Waals surface area contributed by atoms with Gasteiger partial charge in [-0.25, -0.2) is 0 Å². The third-order valence-electron chi connectivity index (χ3n) is 13.1. The fraction of sp³-hybridized carbons (Fsp3) is 0.929. The number of allylic oxidation sites excluding steroid dienone is 4. The molecule has 8 nitrogen and oxygen atoms in total. The average molecular weight is 908 g/mol. The van der Waals surface area contributed by atoms with Crippen LogP contribution in [0.4, 0.5) is 0 Å². The monoisotopic (exact) mass is 907 g/mol. The van der Waals surface area contributed by atoms with Gasteiger partial charge in [-0.3, -0.25) is 9.80 Å². The molecule has 0 bridgehead atoms. The largest absolute Gasteiger partial charge is 0.395 e. The second-order valence-corrected chi connectivity index (χ2v) is 19.9. The average Bonchev–Trinajstić information content (AvgIpc) is 3.27. The molecule has 2 atom stereocenters. The lowest BCUT2D eigenvalue weighted by Gasteiger charge is -2.31. The van der Waals surface area contributed by atoms with Crippen LogP contribution in [0.25, 0.3) is 0 Å². The van der Waals surface area contributed by atoms with Crippen LogP contribution in [-0.4, -0.2) is 145 Å². The highest BCUT2D eigenvalue weighted by atomic mass is 16.3. The van der Waals surface area contributed by atoms with E-state index in [-0.39, 0.29) is 26.4 Å². The smallest absolute Gasteiger partial charge is 0.0558 e. The lowest BCUT2D eigenvalue weighted by atomic mass is 10.1. The van der Waals surface area contributed by atoms with E-state index in [1.165, 1.54) is 193 Å². The maximum absolute atomic E-state index is 9.60. The Morgan fingerprint density at radius 3 is 0.734 bits per heavy atom. The molecule has 2 unspecified atom stereocenters. The first-order valence-electron chi connectivity index (χ1n) is 28.1. The molecular weight excluding hydrogens is 793 g/mol. The minimum absolute atomic E-state index is 0.138. The molecule has 0 aromatic carbocycles. The highest BCUT2D eigenvalue weighted by molar-refractivity contribution is 4.82.